The Morgan fingerprint density at radius 2 is 1.71 bits per heavy atom. The van der Waals surface area contributed by atoms with Gasteiger partial charge in [-0.3, -0.25) is 9.36 Å². The molecule has 0 unspecified atom stereocenters. The Kier molecular flexibility index (Phi) is 8.59. The topological polar surface area (TPSA) is 133 Å². The number of aryl methyl sites for hydroxylation is 1. The molecule has 10 nitrogen and oxygen atoms in total. The highest BCUT2D eigenvalue weighted by atomic mass is 32.2. The number of nitrogens with zero attached hydrogens (tertiary/aromatic N) is 4. The first kappa shape index (κ1) is 27.5. The number of carbonyl (C=O) groups excluding carboxylic acids is 2. The first-order valence-electron chi connectivity index (χ1n) is 11.5. The Labute approximate surface area is 228 Å². The third kappa shape index (κ3) is 6.65. The smallest absolute Gasteiger partial charge is 0.350 e. The van der Waals surface area contributed by atoms with Gasteiger partial charge in [-0.05, 0) is 45.0 Å². The molecule has 1 amide bonds. The van der Waals surface area contributed by atoms with E-state index in [2.05, 4.69) is 20.5 Å². The number of thiazole rings is 1. The summed E-state index contributed by atoms with van der Waals surface area (Å²) in [5, 5.41) is 11.7. The number of carbonyl (C=O) groups is 2. The van der Waals surface area contributed by atoms with Gasteiger partial charge in [-0.15, -0.1) is 10.2 Å². The van der Waals surface area contributed by atoms with Gasteiger partial charge in [0.25, 0.3) is 0 Å². The molecule has 4 aromatic rings. The van der Waals surface area contributed by atoms with E-state index in [1.807, 2.05) is 30.3 Å². The van der Waals surface area contributed by atoms with Crippen LogP contribution in [0.1, 0.15) is 35.0 Å². The summed E-state index contributed by atoms with van der Waals surface area (Å²) >= 11 is 2.15. The highest BCUT2D eigenvalue weighted by molar-refractivity contribution is 7.99. The van der Waals surface area contributed by atoms with Crippen LogP contribution in [-0.4, -0.2) is 51.9 Å². The van der Waals surface area contributed by atoms with Crippen LogP contribution in [0.25, 0.3) is 5.69 Å². The summed E-state index contributed by atoms with van der Waals surface area (Å²) in [7, 11) is -3.68. The van der Waals surface area contributed by atoms with Gasteiger partial charge < -0.3 is 10.1 Å². The van der Waals surface area contributed by atoms with Crippen LogP contribution >= 0.6 is 23.1 Å². The number of nitrogens with one attached hydrogen (secondary N) is 1. The predicted octanol–water partition coefficient (Wildman–Crippen LogP) is 4.30. The third-order valence-corrected chi connectivity index (χ3v) is 8.65. The van der Waals surface area contributed by atoms with E-state index in [0.29, 0.717) is 21.4 Å². The normalized spacial score (nSPS) is 11.5. The molecule has 13 heteroatoms. The average molecular weight is 572 g/mol. The van der Waals surface area contributed by atoms with Gasteiger partial charge in [0.05, 0.1) is 22.4 Å². The van der Waals surface area contributed by atoms with Crippen LogP contribution in [0.2, 0.25) is 0 Å². The maximum atomic E-state index is 13.0. The average Bonchev–Trinajstić information content (AvgIpc) is 3.45. The summed E-state index contributed by atoms with van der Waals surface area (Å²) in [5.41, 5.74) is 1.14. The van der Waals surface area contributed by atoms with Gasteiger partial charge in [-0.25, -0.2) is 18.2 Å². The van der Waals surface area contributed by atoms with E-state index in [-0.39, 0.29) is 39.4 Å². The maximum Gasteiger partial charge on any atom is 0.350 e. The predicted molar refractivity (Wildman–Crippen MR) is 145 cm³/mol. The Bertz CT molecular complexity index is 1530. The van der Waals surface area contributed by atoms with Crippen molar-refractivity contribution >= 4 is 49.9 Å². The highest BCUT2D eigenvalue weighted by Gasteiger charge is 2.23. The fourth-order valence-corrected chi connectivity index (χ4v) is 6.30. The van der Waals surface area contributed by atoms with Crippen LogP contribution < -0.4 is 5.32 Å². The molecular formula is C25H25N5O5S3. The Morgan fingerprint density at radius 3 is 2.37 bits per heavy atom. The lowest BCUT2D eigenvalue weighted by molar-refractivity contribution is -0.113. The number of hydrogen-bond acceptors (Lipinski definition) is 10. The summed E-state index contributed by atoms with van der Waals surface area (Å²) < 4.78 is 32.9. The summed E-state index contributed by atoms with van der Waals surface area (Å²) in [6, 6.07) is 17.2. The largest absolute Gasteiger partial charge is 0.459 e. The van der Waals surface area contributed by atoms with Gasteiger partial charge in [0.1, 0.15) is 10.6 Å². The Balaban J connectivity index is 1.51. The molecule has 0 radical (unpaired) electrons. The van der Waals surface area contributed by atoms with Crippen molar-refractivity contribution in [2.45, 2.75) is 42.7 Å². The molecule has 0 atom stereocenters. The highest BCUT2D eigenvalue weighted by Crippen LogP contribution is 2.27. The fourth-order valence-electron chi connectivity index (χ4n) is 3.40. The lowest BCUT2D eigenvalue weighted by atomic mass is 10.3. The molecule has 4 rings (SSSR count). The third-order valence-electron chi connectivity index (χ3n) is 5.04. The number of rotatable bonds is 10. The van der Waals surface area contributed by atoms with Crippen LogP contribution in [0.4, 0.5) is 5.13 Å². The minimum absolute atomic E-state index is 0.0409. The zero-order valence-electron chi connectivity index (χ0n) is 20.8. The van der Waals surface area contributed by atoms with Gasteiger partial charge in [0.15, 0.2) is 25.9 Å². The molecule has 2 aromatic heterocycles. The van der Waals surface area contributed by atoms with Crippen molar-refractivity contribution in [2.24, 2.45) is 0 Å². The zero-order chi connectivity index (χ0) is 27.3. The van der Waals surface area contributed by atoms with Crippen molar-refractivity contribution in [3.63, 3.8) is 0 Å². The van der Waals surface area contributed by atoms with E-state index in [1.54, 1.807) is 43.5 Å². The van der Waals surface area contributed by atoms with E-state index in [9.17, 15) is 18.0 Å². The van der Waals surface area contributed by atoms with Crippen LogP contribution in [0.15, 0.2) is 70.7 Å². The van der Waals surface area contributed by atoms with E-state index < -0.39 is 15.8 Å². The summed E-state index contributed by atoms with van der Waals surface area (Å²) in [5.74, 6) is -1.03. The van der Waals surface area contributed by atoms with Gasteiger partial charge in [0, 0.05) is 5.69 Å². The molecule has 38 heavy (non-hydrogen) atoms. The number of sulfone groups is 1. The lowest BCUT2D eigenvalue weighted by Crippen LogP contribution is -2.15. The zero-order valence-corrected chi connectivity index (χ0v) is 23.3. The summed E-state index contributed by atoms with van der Waals surface area (Å²) in [4.78, 5) is 29.7. The first-order chi connectivity index (χ1) is 18.1. The van der Waals surface area contributed by atoms with Gasteiger partial charge >= 0.3 is 5.97 Å². The standard InChI is InChI=1S/C25H25N5O5S3/c1-16(2)35-23(32)22-17(3)26-24(37-22)27-21(31)14-36-25-29-28-20(30(25)18-10-6-4-7-11-18)15-38(33,34)19-12-8-5-9-13-19/h4-13,16H,14-15H2,1-3H3,(H,26,27,31). The molecule has 1 N–H and O–H groups in total. The lowest BCUT2D eigenvalue weighted by Gasteiger charge is -2.10. The number of ether oxygens (including phenoxy) is 1. The van der Waals surface area contributed by atoms with E-state index in [0.717, 1.165) is 23.1 Å². The van der Waals surface area contributed by atoms with Crippen molar-refractivity contribution in [3.8, 4) is 5.69 Å². The number of hydrogen-bond donors (Lipinski definition) is 1. The number of thioether (sulfide) groups is 1. The molecule has 0 saturated heterocycles. The molecule has 0 bridgehead atoms. The minimum Gasteiger partial charge on any atom is -0.459 e. The first-order valence-corrected chi connectivity index (χ1v) is 15.0. The van der Waals surface area contributed by atoms with Gasteiger partial charge in [0.2, 0.25) is 5.91 Å². The monoisotopic (exact) mass is 571 g/mol. The minimum atomic E-state index is -3.68. The van der Waals surface area contributed by atoms with Crippen LogP contribution in [0, 0.1) is 6.92 Å². The number of anilines is 1. The van der Waals surface area contributed by atoms with Crippen molar-refractivity contribution in [3.05, 3.63) is 77.1 Å². The number of aromatic nitrogens is 4. The van der Waals surface area contributed by atoms with Crippen LogP contribution in [0.5, 0.6) is 0 Å². The summed E-state index contributed by atoms with van der Waals surface area (Å²) in [6.45, 7) is 5.18. The van der Waals surface area contributed by atoms with Crippen molar-refractivity contribution in [1.29, 1.82) is 0 Å². The SMILES string of the molecule is Cc1nc(NC(=O)CSc2nnc(CS(=O)(=O)c3ccccc3)n2-c2ccccc2)sc1C(=O)OC(C)C. The van der Waals surface area contributed by atoms with Crippen molar-refractivity contribution in [2.75, 3.05) is 11.1 Å². The molecule has 0 fully saturated rings. The quantitative estimate of drug-likeness (QED) is 0.218. The van der Waals surface area contributed by atoms with E-state index in [1.165, 1.54) is 12.1 Å². The van der Waals surface area contributed by atoms with Crippen molar-refractivity contribution in [1.82, 2.24) is 19.7 Å². The molecule has 0 saturated carbocycles. The van der Waals surface area contributed by atoms with E-state index in [4.69, 9.17) is 4.74 Å². The molecule has 0 aliphatic rings. The number of para-hydroxylation sites is 1. The fraction of sp³-hybridized carbons (Fsp3) is 0.240. The molecule has 0 spiro atoms. The second kappa shape index (κ2) is 11.9. The number of benzene rings is 2. The molecule has 2 aromatic carbocycles. The number of esters is 1. The number of amides is 1. The van der Waals surface area contributed by atoms with Crippen molar-refractivity contribution < 1.29 is 22.7 Å². The molecule has 2 heterocycles. The van der Waals surface area contributed by atoms with Crippen LogP contribution in [0.3, 0.4) is 0 Å². The molecular weight excluding hydrogens is 547 g/mol. The van der Waals surface area contributed by atoms with Gasteiger partial charge in [-0.2, -0.15) is 0 Å². The Morgan fingerprint density at radius 1 is 1.05 bits per heavy atom. The maximum absolute atomic E-state index is 13.0. The molecule has 198 valence electrons. The van der Waals surface area contributed by atoms with Gasteiger partial charge in [-0.1, -0.05) is 59.5 Å². The second-order valence-corrected chi connectivity index (χ2v) is 12.3. The van der Waals surface area contributed by atoms with Crippen LogP contribution in [-0.2, 0) is 25.1 Å². The Hall–Kier alpha value is -3.55. The molecule has 0 aliphatic carbocycles. The second-order valence-electron chi connectivity index (χ2n) is 8.37. The van der Waals surface area contributed by atoms with E-state index >= 15 is 0 Å². The summed E-state index contributed by atoms with van der Waals surface area (Å²) in [6.07, 6.45) is -0.270. The molecule has 0 aliphatic heterocycles.